The molecule has 9 heteroatoms. The van der Waals surface area contributed by atoms with Crippen LogP contribution in [0.2, 0.25) is 0 Å². The Labute approximate surface area is 635 Å². The van der Waals surface area contributed by atoms with Gasteiger partial charge in [0.05, 0.1) is 40.3 Å². The van der Waals surface area contributed by atoms with Crippen LogP contribution in [0.15, 0.2) is 60.8 Å². The molecule has 0 aliphatic heterocycles. The minimum Gasteiger partial charge on any atom is -0.545 e. The van der Waals surface area contributed by atoms with Gasteiger partial charge in [-0.15, -0.1) is 0 Å². The van der Waals surface area contributed by atoms with Gasteiger partial charge in [-0.05, 0) is 57.8 Å². The molecule has 0 saturated carbocycles. The van der Waals surface area contributed by atoms with Crippen molar-refractivity contribution in [3.05, 3.63) is 60.8 Å². The average Bonchev–Trinajstić information content (AvgIpc) is 0.997. The predicted molar refractivity (Wildman–Crippen MR) is 440 cm³/mol. The lowest BCUT2D eigenvalue weighted by molar-refractivity contribution is -0.870. The molecule has 0 fully saturated rings. The Morgan fingerprint density at radius 3 is 0.833 bits per heavy atom. The first kappa shape index (κ1) is 99.0. The zero-order valence-corrected chi connectivity index (χ0v) is 68.8. The molecule has 0 aromatic heterocycles. The molecule has 102 heavy (non-hydrogen) atoms. The third-order valence-corrected chi connectivity index (χ3v) is 20.5. The molecule has 9 nitrogen and oxygen atoms in total. The largest absolute Gasteiger partial charge is 0.545 e. The summed E-state index contributed by atoms with van der Waals surface area (Å²) in [7, 11) is 5.96. The first-order valence-electron chi connectivity index (χ1n) is 44.9. The van der Waals surface area contributed by atoms with Crippen LogP contribution in [0.1, 0.15) is 457 Å². The van der Waals surface area contributed by atoms with E-state index in [2.05, 4.69) is 74.6 Å². The molecule has 0 aromatic carbocycles. The van der Waals surface area contributed by atoms with Crippen LogP contribution in [-0.2, 0) is 33.3 Å². The third kappa shape index (κ3) is 84.3. The Morgan fingerprint density at radius 1 is 0.304 bits per heavy atom. The van der Waals surface area contributed by atoms with E-state index < -0.39 is 24.3 Å². The van der Waals surface area contributed by atoms with Crippen LogP contribution in [0.3, 0.4) is 0 Å². The molecule has 2 atom stereocenters. The van der Waals surface area contributed by atoms with E-state index in [-0.39, 0.29) is 32.2 Å². The van der Waals surface area contributed by atoms with E-state index in [0.717, 1.165) is 70.6 Å². The van der Waals surface area contributed by atoms with Gasteiger partial charge >= 0.3 is 11.9 Å². The van der Waals surface area contributed by atoms with E-state index in [4.69, 9.17) is 18.9 Å². The average molecular weight is 1430 g/mol. The highest BCUT2D eigenvalue weighted by molar-refractivity contribution is 5.70. The molecule has 0 aliphatic carbocycles. The Bertz CT molecular complexity index is 1870. The van der Waals surface area contributed by atoms with Crippen LogP contribution in [0.5, 0.6) is 0 Å². The van der Waals surface area contributed by atoms with Gasteiger partial charge in [-0.25, -0.2) is 0 Å². The molecule has 0 aliphatic rings. The number of carboxylic acid groups (broad SMARTS) is 1. The van der Waals surface area contributed by atoms with Crippen LogP contribution in [0, 0.1) is 0 Å². The van der Waals surface area contributed by atoms with Gasteiger partial charge in [0.2, 0.25) is 0 Å². The van der Waals surface area contributed by atoms with Gasteiger partial charge in [-0.1, -0.05) is 447 Å². The van der Waals surface area contributed by atoms with Crippen molar-refractivity contribution < 1.29 is 42.9 Å². The molecule has 0 rings (SSSR count). The number of carbonyl (C=O) groups is 3. The number of unbranched alkanes of at least 4 members (excludes halogenated alkanes) is 60. The molecule has 0 saturated heterocycles. The number of hydrogen-bond acceptors (Lipinski definition) is 8. The van der Waals surface area contributed by atoms with Gasteiger partial charge in [0, 0.05) is 12.8 Å². The maximum absolute atomic E-state index is 13.0. The topological polar surface area (TPSA) is 111 Å². The molecular formula is C93H173NO8. The van der Waals surface area contributed by atoms with Gasteiger partial charge in [0.15, 0.2) is 12.4 Å². The van der Waals surface area contributed by atoms with E-state index >= 15 is 0 Å². The van der Waals surface area contributed by atoms with Crippen LogP contribution < -0.4 is 5.11 Å². The second-order valence-electron chi connectivity index (χ2n) is 31.9. The monoisotopic (exact) mass is 1430 g/mol. The van der Waals surface area contributed by atoms with Crippen molar-refractivity contribution in [3.63, 3.8) is 0 Å². The van der Waals surface area contributed by atoms with E-state index in [0.29, 0.717) is 17.4 Å². The number of hydrogen-bond donors (Lipinski definition) is 0. The summed E-state index contributed by atoms with van der Waals surface area (Å²) in [6, 6.07) is 0. The molecule has 0 aromatic rings. The van der Waals surface area contributed by atoms with E-state index in [9.17, 15) is 19.5 Å². The Kier molecular flexibility index (Phi) is 81.2. The van der Waals surface area contributed by atoms with Crippen molar-refractivity contribution in [2.45, 2.75) is 469 Å². The van der Waals surface area contributed by atoms with Gasteiger partial charge in [-0.2, -0.15) is 0 Å². The van der Waals surface area contributed by atoms with Crippen molar-refractivity contribution in [2.24, 2.45) is 0 Å². The highest BCUT2D eigenvalue weighted by atomic mass is 16.7. The van der Waals surface area contributed by atoms with Gasteiger partial charge < -0.3 is 33.3 Å². The quantitative estimate of drug-likeness (QED) is 0.0195. The number of ether oxygens (including phenoxy) is 4. The fourth-order valence-corrected chi connectivity index (χ4v) is 13.8. The lowest BCUT2D eigenvalue weighted by Gasteiger charge is -2.26. The van der Waals surface area contributed by atoms with Gasteiger partial charge in [0.1, 0.15) is 13.2 Å². The lowest BCUT2D eigenvalue weighted by atomic mass is 10.0. The summed E-state index contributed by atoms with van der Waals surface area (Å²) in [5.41, 5.74) is 0. The molecule has 0 N–H and O–H groups in total. The molecular weight excluding hydrogens is 1260 g/mol. The zero-order valence-electron chi connectivity index (χ0n) is 68.8. The molecule has 598 valence electrons. The molecule has 2 unspecified atom stereocenters. The Hall–Kier alpha value is -3.01. The number of likely N-dealkylation sites (N-methyl/N-ethyl adjacent to an activating group) is 1. The van der Waals surface area contributed by atoms with Crippen molar-refractivity contribution in [2.75, 3.05) is 47.5 Å². The number of nitrogens with zero attached hydrogens (tertiary/aromatic N) is 1. The molecule has 0 spiro atoms. The fraction of sp³-hybridized carbons (Fsp3) is 0.860. The summed E-state index contributed by atoms with van der Waals surface area (Å²) in [5, 5.41) is 11.9. The summed E-state index contributed by atoms with van der Waals surface area (Å²) in [6.45, 7) is 4.72. The minimum absolute atomic E-state index is 0.151. The number of esters is 2. The number of allylic oxidation sites excluding steroid dienone is 10. The number of aliphatic carboxylic acids is 1. The first-order chi connectivity index (χ1) is 50.1. The molecule has 0 heterocycles. The summed E-state index contributed by atoms with van der Waals surface area (Å²) in [4.78, 5) is 37.7. The second-order valence-corrected chi connectivity index (χ2v) is 31.9. The molecule has 0 radical (unpaired) electrons. The van der Waals surface area contributed by atoms with Gasteiger partial charge in [0.25, 0.3) is 0 Å². The predicted octanol–water partition coefficient (Wildman–Crippen LogP) is 28.0. The van der Waals surface area contributed by atoms with Crippen molar-refractivity contribution in [1.29, 1.82) is 0 Å². The van der Waals surface area contributed by atoms with Crippen molar-refractivity contribution in [1.82, 2.24) is 0 Å². The Balaban J connectivity index is 3.90. The zero-order chi connectivity index (χ0) is 73.9. The fourth-order valence-electron chi connectivity index (χ4n) is 13.8. The smallest absolute Gasteiger partial charge is 0.306 e. The Morgan fingerprint density at radius 2 is 0.559 bits per heavy atom. The number of rotatable bonds is 85. The van der Waals surface area contributed by atoms with Crippen molar-refractivity contribution in [3.8, 4) is 0 Å². The number of quaternary nitrogens is 1. The number of carboxylic acids is 1. The summed E-state index contributed by atoms with van der Waals surface area (Å²) >= 11 is 0. The van der Waals surface area contributed by atoms with Gasteiger partial charge in [-0.3, -0.25) is 9.59 Å². The van der Waals surface area contributed by atoms with Crippen LogP contribution in [-0.4, -0.2) is 82.3 Å². The summed E-state index contributed by atoms with van der Waals surface area (Å²) < 4.78 is 22.9. The van der Waals surface area contributed by atoms with Crippen LogP contribution >= 0.6 is 0 Å². The van der Waals surface area contributed by atoms with Crippen LogP contribution in [0.25, 0.3) is 0 Å². The summed E-state index contributed by atoms with van der Waals surface area (Å²) in [6.07, 6.45) is 110. The minimum atomic E-state index is -1.62. The maximum atomic E-state index is 13.0. The molecule has 0 bridgehead atoms. The SMILES string of the molecule is CC/C=C\C/C=C\C/C=C\C/C=C\C/C=C\CCCCCCCCCCCCCCCCCCCCCCCCCC(=O)OC(COC(=O)CCCCCCCCCCCCCCCCCCCCCCCCCCCCCCCCCCCCCCCC)COC(OCC[N+](C)(C)C)C(=O)[O-]. The van der Waals surface area contributed by atoms with E-state index in [1.54, 1.807) is 0 Å². The van der Waals surface area contributed by atoms with Crippen molar-refractivity contribution >= 4 is 17.9 Å². The molecule has 0 amide bonds. The second kappa shape index (κ2) is 83.6. The third-order valence-electron chi connectivity index (χ3n) is 20.5. The highest BCUT2D eigenvalue weighted by Gasteiger charge is 2.22. The highest BCUT2D eigenvalue weighted by Crippen LogP contribution is 2.21. The van der Waals surface area contributed by atoms with E-state index in [1.807, 2.05) is 21.1 Å². The van der Waals surface area contributed by atoms with E-state index in [1.165, 1.54) is 360 Å². The standard InChI is InChI=1S/C93H173NO8/c1-6-8-10-12-14-16-18-20-22-24-26-28-30-32-34-36-38-40-42-44-46-48-50-52-54-56-58-60-62-64-66-68-70-72-74-76-78-80-82-84-91(96)102-89(88-101-93(92(97)98)99-86-85-94(3,4)5)87-100-90(95)83-81-79-77-75-73-71-69-67-65-63-61-59-57-55-53-51-49-47-45-43-41-39-37-35-33-31-29-27-25-23-21-19-17-15-13-11-9-7-2/h8,10,14,16,20,22,26,28,32,34,89,93H,6-7,9,11-13,15,17-19,21,23-25,27,29-31,33,35-88H2,1-5H3/b10-8-,16-14-,22-20-,28-26-,34-32-. The normalized spacial score (nSPS) is 12.8. The number of carbonyl (C=O) groups excluding carboxylic acids is 3. The maximum Gasteiger partial charge on any atom is 0.306 e. The van der Waals surface area contributed by atoms with Crippen LogP contribution in [0.4, 0.5) is 0 Å². The first-order valence-corrected chi connectivity index (χ1v) is 44.9. The summed E-state index contributed by atoms with van der Waals surface area (Å²) in [5.74, 6) is -2.25. The lowest BCUT2D eigenvalue weighted by Crippen LogP contribution is -2.44.